The minimum Gasteiger partial charge on any atom is -0.480 e. The predicted octanol–water partition coefficient (Wildman–Crippen LogP) is 2.30. The number of carboxylic acids is 1. The number of alkyl halides is 4. The summed E-state index contributed by atoms with van der Waals surface area (Å²) in [7, 11) is 0. The first-order valence-electron chi connectivity index (χ1n) is 4.94. The predicted molar refractivity (Wildman–Crippen MR) is 55.5 cm³/mol. The normalized spacial score (nSPS) is 17.0. The Hall–Kier alpha value is -1.63. The Morgan fingerprint density at radius 1 is 1.22 bits per heavy atom. The Morgan fingerprint density at radius 3 is 1.89 bits per heavy atom. The number of aliphatic carboxylic acids is 1. The average Bonchev–Trinajstić information content (AvgIpc) is 2.26. The number of halogens is 4. The molecule has 1 aromatic carbocycles. The van der Waals surface area contributed by atoms with Crippen LogP contribution in [0.4, 0.5) is 17.6 Å². The fourth-order valence-corrected chi connectivity index (χ4v) is 1.46. The first-order valence-corrected chi connectivity index (χ1v) is 4.94. The van der Waals surface area contributed by atoms with Gasteiger partial charge in [-0.05, 0) is 24.6 Å². The maximum atomic E-state index is 13.3. The quantitative estimate of drug-likeness (QED) is 0.824. The van der Waals surface area contributed by atoms with Crippen LogP contribution in [-0.2, 0) is 16.5 Å². The third kappa shape index (κ3) is 2.45. The van der Waals surface area contributed by atoms with E-state index >= 15 is 0 Å². The van der Waals surface area contributed by atoms with Gasteiger partial charge in [-0.2, -0.15) is 13.2 Å². The molecule has 3 N–H and O–H groups in total. The van der Waals surface area contributed by atoms with Crippen LogP contribution in [0.15, 0.2) is 24.3 Å². The van der Waals surface area contributed by atoms with Gasteiger partial charge in [-0.3, -0.25) is 0 Å². The minimum absolute atomic E-state index is 0.224. The SMILES string of the molecule is CC(F)C(N)(C(=O)O)c1ccc(C(F)(F)F)cc1. The van der Waals surface area contributed by atoms with Crippen molar-refractivity contribution in [1.82, 2.24) is 0 Å². The molecule has 0 aromatic heterocycles. The number of carboxylic acid groups (broad SMARTS) is 1. The molecule has 0 spiro atoms. The van der Waals surface area contributed by atoms with Crippen LogP contribution in [0, 0.1) is 0 Å². The fourth-order valence-electron chi connectivity index (χ4n) is 1.46. The van der Waals surface area contributed by atoms with Gasteiger partial charge in [0.2, 0.25) is 0 Å². The molecule has 7 heteroatoms. The standard InChI is InChI=1S/C11H11F4NO2/c1-6(12)10(16,9(17)18)7-2-4-8(5-3-7)11(13,14)15/h2-6H,16H2,1H3,(H,17,18). The molecule has 1 aromatic rings. The Bertz CT molecular complexity index is 441. The molecule has 0 amide bonds. The summed E-state index contributed by atoms with van der Waals surface area (Å²) in [4.78, 5) is 11.0. The van der Waals surface area contributed by atoms with E-state index in [1.54, 1.807) is 0 Å². The number of nitrogens with two attached hydrogens (primary N) is 1. The summed E-state index contributed by atoms with van der Waals surface area (Å²) in [5.74, 6) is -1.64. The van der Waals surface area contributed by atoms with E-state index in [2.05, 4.69) is 0 Å². The van der Waals surface area contributed by atoms with Gasteiger partial charge in [0.25, 0.3) is 0 Å². The summed E-state index contributed by atoms with van der Waals surface area (Å²) in [5, 5.41) is 8.90. The molecule has 2 atom stereocenters. The van der Waals surface area contributed by atoms with Crippen LogP contribution in [0.3, 0.4) is 0 Å². The van der Waals surface area contributed by atoms with Crippen molar-refractivity contribution in [2.45, 2.75) is 24.8 Å². The molecular formula is C11H11F4NO2. The summed E-state index contributed by atoms with van der Waals surface area (Å²) in [5.41, 5.74) is 1.87. The monoisotopic (exact) mass is 265 g/mol. The van der Waals surface area contributed by atoms with E-state index in [0.29, 0.717) is 12.1 Å². The molecule has 0 saturated heterocycles. The number of rotatable bonds is 3. The lowest BCUT2D eigenvalue weighted by Gasteiger charge is -2.26. The summed E-state index contributed by atoms with van der Waals surface area (Å²) in [6, 6.07) is 3.07. The Morgan fingerprint density at radius 2 is 1.61 bits per heavy atom. The van der Waals surface area contributed by atoms with Crippen molar-refractivity contribution in [2.24, 2.45) is 5.73 Å². The van der Waals surface area contributed by atoms with E-state index < -0.39 is 29.4 Å². The summed E-state index contributed by atoms with van der Waals surface area (Å²) in [6.45, 7) is 0.936. The Labute approximate surface area is 100 Å². The van der Waals surface area contributed by atoms with Crippen molar-refractivity contribution < 1.29 is 27.5 Å². The number of hydrogen-bond acceptors (Lipinski definition) is 2. The molecule has 1 rings (SSSR count). The highest BCUT2D eigenvalue weighted by Crippen LogP contribution is 2.31. The van der Waals surface area contributed by atoms with Gasteiger partial charge in [0, 0.05) is 0 Å². The van der Waals surface area contributed by atoms with E-state index in [-0.39, 0.29) is 5.56 Å². The topological polar surface area (TPSA) is 63.3 Å². The summed E-state index contributed by atoms with van der Waals surface area (Å²) in [6.07, 6.45) is -6.49. The lowest BCUT2D eigenvalue weighted by Crippen LogP contribution is -2.51. The molecule has 0 aliphatic carbocycles. The van der Waals surface area contributed by atoms with Crippen LogP contribution < -0.4 is 5.73 Å². The van der Waals surface area contributed by atoms with Crippen molar-refractivity contribution in [3.05, 3.63) is 35.4 Å². The molecule has 0 bridgehead atoms. The van der Waals surface area contributed by atoms with Gasteiger partial charge < -0.3 is 10.8 Å². The van der Waals surface area contributed by atoms with E-state index in [0.717, 1.165) is 19.1 Å². The Kier molecular flexibility index (Phi) is 3.66. The minimum atomic E-state index is -4.54. The van der Waals surface area contributed by atoms with Crippen LogP contribution >= 0.6 is 0 Å². The maximum absolute atomic E-state index is 13.3. The van der Waals surface area contributed by atoms with E-state index in [4.69, 9.17) is 10.8 Å². The molecule has 0 aliphatic heterocycles. The number of benzene rings is 1. The number of hydrogen-bond donors (Lipinski definition) is 2. The van der Waals surface area contributed by atoms with Gasteiger partial charge in [-0.1, -0.05) is 12.1 Å². The Balaban J connectivity index is 3.22. The largest absolute Gasteiger partial charge is 0.480 e. The zero-order valence-electron chi connectivity index (χ0n) is 9.33. The van der Waals surface area contributed by atoms with Gasteiger partial charge in [0.1, 0.15) is 6.17 Å². The molecule has 0 radical (unpaired) electrons. The first-order chi connectivity index (χ1) is 8.10. The van der Waals surface area contributed by atoms with Gasteiger partial charge in [-0.25, -0.2) is 9.18 Å². The highest BCUT2D eigenvalue weighted by molar-refractivity contribution is 5.81. The zero-order valence-corrected chi connectivity index (χ0v) is 9.33. The highest BCUT2D eigenvalue weighted by atomic mass is 19.4. The molecule has 100 valence electrons. The van der Waals surface area contributed by atoms with Crippen molar-refractivity contribution in [3.63, 3.8) is 0 Å². The molecule has 2 unspecified atom stereocenters. The first kappa shape index (κ1) is 14.4. The van der Waals surface area contributed by atoms with Gasteiger partial charge in [0.15, 0.2) is 5.54 Å². The average molecular weight is 265 g/mol. The smallest absolute Gasteiger partial charge is 0.416 e. The van der Waals surface area contributed by atoms with Crippen molar-refractivity contribution in [1.29, 1.82) is 0 Å². The van der Waals surface area contributed by atoms with Crippen molar-refractivity contribution in [2.75, 3.05) is 0 Å². The second-order valence-electron chi connectivity index (χ2n) is 3.87. The van der Waals surface area contributed by atoms with E-state index in [1.165, 1.54) is 0 Å². The third-order valence-electron chi connectivity index (χ3n) is 2.67. The summed E-state index contributed by atoms with van der Waals surface area (Å²) >= 11 is 0. The fraction of sp³-hybridized carbons (Fsp3) is 0.364. The lowest BCUT2D eigenvalue weighted by molar-refractivity contribution is -0.146. The molecule has 3 nitrogen and oxygen atoms in total. The van der Waals surface area contributed by atoms with Crippen LogP contribution in [0.5, 0.6) is 0 Å². The van der Waals surface area contributed by atoms with Crippen molar-refractivity contribution in [3.8, 4) is 0 Å². The second kappa shape index (κ2) is 4.56. The van der Waals surface area contributed by atoms with Gasteiger partial charge in [-0.15, -0.1) is 0 Å². The molecule has 0 fully saturated rings. The van der Waals surface area contributed by atoms with Crippen LogP contribution in [0.1, 0.15) is 18.1 Å². The molecule has 18 heavy (non-hydrogen) atoms. The third-order valence-corrected chi connectivity index (χ3v) is 2.67. The zero-order chi connectivity index (χ0) is 14.1. The van der Waals surface area contributed by atoms with Crippen LogP contribution in [0.2, 0.25) is 0 Å². The van der Waals surface area contributed by atoms with E-state index in [1.807, 2.05) is 0 Å². The molecular weight excluding hydrogens is 254 g/mol. The summed E-state index contributed by atoms with van der Waals surface area (Å²) < 4.78 is 50.2. The second-order valence-corrected chi connectivity index (χ2v) is 3.87. The number of carbonyl (C=O) groups is 1. The van der Waals surface area contributed by atoms with Crippen molar-refractivity contribution >= 4 is 5.97 Å². The lowest BCUT2D eigenvalue weighted by atomic mass is 9.86. The molecule has 0 aliphatic rings. The van der Waals surface area contributed by atoms with Gasteiger partial charge in [0.05, 0.1) is 5.56 Å². The maximum Gasteiger partial charge on any atom is 0.416 e. The molecule has 0 saturated carbocycles. The van der Waals surface area contributed by atoms with E-state index in [9.17, 15) is 22.4 Å². The molecule has 0 heterocycles. The van der Waals surface area contributed by atoms with Crippen LogP contribution in [0.25, 0.3) is 0 Å². The van der Waals surface area contributed by atoms with Crippen LogP contribution in [-0.4, -0.2) is 17.2 Å². The highest BCUT2D eigenvalue weighted by Gasteiger charge is 2.43. The van der Waals surface area contributed by atoms with Gasteiger partial charge >= 0.3 is 12.1 Å².